The first kappa shape index (κ1) is 18.5. The van der Waals surface area contributed by atoms with Gasteiger partial charge in [-0.25, -0.2) is 4.98 Å². The van der Waals surface area contributed by atoms with Gasteiger partial charge in [0.2, 0.25) is 5.91 Å². The number of nitrogens with one attached hydrogen (secondary N) is 1. The van der Waals surface area contributed by atoms with Crippen LogP contribution in [0.1, 0.15) is 37.5 Å². The lowest BCUT2D eigenvalue weighted by Crippen LogP contribution is -2.17. The maximum Gasteiger partial charge on any atom is 0.258 e. The Morgan fingerprint density at radius 3 is 2.40 bits per heavy atom. The third-order valence-corrected chi connectivity index (χ3v) is 4.73. The minimum absolute atomic E-state index is 0.211. The van der Waals surface area contributed by atoms with Crippen molar-refractivity contribution >= 4 is 29.3 Å². The molecule has 2 amide bonds. The molecule has 0 unspecified atom stereocenters. The van der Waals surface area contributed by atoms with Gasteiger partial charge < -0.3 is 11.1 Å². The predicted octanol–water partition coefficient (Wildman–Crippen LogP) is 2.97. The molecule has 2 aromatic rings. The molecule has 0 bridgehead atoms. The number of hydrogen-bond acceptors (Lipinski definition) is 5. The lowest BCUT2D eigenvalue weighted by molar-refractivity contribution is 0.0998. The van der Waals surface area contributed by atoms with Gasteiger partial charge >= 0.3 is 0 Å². The third kappa shape index (κ3) is 4.17. The summed E-state index contributed by atoms with van der Waals surface area (Å²) in [5.74, 6) is -0.620. The van der Waals surface area contributed by atoms with E-state index in [4.69, 9.17) is 11.0 Å². The number of carbonyl (C=O) groups excluding carboxylic acids is 2. The number of carbonyl (C=O) groups is 2. The van der Waals surface area contributed by atoms with E-state index in [2.05, 4.69) is 10.3 Å². The van der Waals surface area contributed by atoms with E-state index in [0.717, 1.165) is 16.8 Å². The zero-order chi connectivity index (χ0) is 18.6. The van der Waals surface area contributed by atoms with Gasteiger partial charge in [0, 0.05) is 16.9 Å². The van der Waals surface area contributed by atoms with E-state index >= 15 is 0 Å². The number of thioether (sulfide) groups is 1. The molecule has 25 heavy (non-hydrogen) atoms. The fourth-order valence-electron chi connectivity index (χ4n) is 2.30. The van der Waals surface area contributed by atoms with Crippen LogP contribution in [0.25, 0.3) is 0 Å². The van der Waals surface area contributed by atoms with Gasteiger partial charge in [0.15, 0.2) is 0 Å². The van der Waals surface area contributed by atoms with Crippen LogP contribution in [-0.4, -0.2) is 22.6 Å². The number of amides is 2. The maximum absolute atomic E-state index is 12.8. The molecule has 1 heterocycles. The van der Waals surface area contributed by atoms with Crippen LogP contribution in [0.15, 0.2) is 29.3 Å². The Kier molecular flexibility index (Phi) is 5.78. The van der Waals surface area contributed by atoms with Crippen molar-refractivity contribution in [2.24, 2.45) is 5.73 Å². The summed E-state index contributed by atoms with van der Waals surface area (Å²) in [6.07, 6.45) is 0. The zero-order valence-electron chi connectivity index (χ0n) is 14.2. The standard InChI is InChI=1S/C18H18N4O2S/c1-10-11(2)15(18(21-12(10)3)25-9-8-19)17(24)22-14-6-4-13(5-7-14)16(20)23/h4-7H,9H2,1-3H3,(H2,20,23)(H,22,24). The minimum atomic E-state index is -0.526. The highest BCUT2D eigenvalue weighted by Gasteiger charge is 2.19. The van der Waals surface area contributed by atoms with Crippen molar-refractivity contribution in [3.05, 3.63) is 52.2 Å². The van der Waals surface area contributed by atoms with E-state index in [-0.39, 0.29) is 11.7 Å². The number of nitrogens with two attached hydrogens (primary N) is 1. The van der Waals surface area contributed by atoms with Crippen LogP contribution in [0, 0.1) is 32.1 Å². The van der Waals surface area contributed by atoms with Crippen LogP contribution in [0.2, 0.25) is 0 Å². The van der Waals surface area contributed by atoms with E-state index in [9.17, 15) is 9.59 Å². The number of aryl methyl sites for hydroxylation is 1. The van der Waals surface area contributed by atoms with Crippen LogP contribution >= 0.6 is 11.8 Å². The van der Waals surface area contributed by atoms with Crippen molar-refractivity contribution in [1.29, 1.82) is 5.26 Å². The Bertz CT molecular complexity index is 870. The molecular weight excluding hydrogens is 336 g/mol. The smallest absolute Gasteiger partial charge is 0.258 e. The number of primary amides is 1. The monoisotopic (exact) mass is 354 g/mol. The molecule has 6 nitrogen and oxygen atoms in total. The van der Waals surface area contributed by atoms with Crippen LogP contribution in [0.4, 0.5) is 5.69 Å². The minimum Gasteiger partial charge on any atom is -0.366 e. The number of nitriles is 1. The number of nitrogens with zero attached hydrogens (tertiary/aromatic N) is 2. The second-order valence-electron chi connectivity index (χ2n) is 5.47. The van der Waals surface area contributed by atoms with Crippen molar-refractivity contribution < 1.29 is 9.59 Å². The summed E-state index contributed by atoms with van der Waals surface area (Å²) in [6.45, 7) is 5.66. The largest absolute Gasteiger partial charge is 0.366 e. The van der Waals surface area contributed by atoms with Gasteiger partial charge in [-0.2, -0.15) is 5.26 Å². The first-order valence-corrected chi connectivity index (χ1v) is 8.52. The zero-order valence-corrected chi connectivity index (χ0v) is 15.0. The van der Waals surface area contributed by atoms with Crippen molar-refractivity contribution in [2.75, 3.05) is 11.1 Å². The molecule has 2 rings (SSSR count). The van der Waals surface area contributed by atoms with Crippen molar-refractivity contribution in [1.82, 2.24) is 4.98 Å². The lowest BCUT2D eigenvalue weighted by atomic mass is 10.0. The van der Waals surface area contributed by atoms with Gasteiger partial charge in [0.1, 0.15) is 5.03 Å². The summed E-state index contributed by atoms with van der Waals surface area (Å²) in [5, 5.41) is 12.2. The van der Waals surface area contributed by atoms with E-state index < -0.39 is 5.91 Å². The average Bonchev–Trinajstić information content (AvgIpc) is 2.58. The number of rotatable bonds is 5. The first-order chi connectivity index (χ1) is 11.8. The highest BCUT2D eigenvalue weighted by molar-refractivity contribution is 7.99. The lowest BCUT2D eigenvalue weighted by Gasteiger charge is -2.15. The summed E-state index contributed by atoms with van der Waals surface area (Å²) < 4.78 is 0. The molecule has 128 valence electrons. The molecule has 0 spiro atoms. The Balaban J connectivity index is 2.36. The molecule has 0 saturated carbocycles. The van der Waals surface area contributed by atoms with E-state index in [1.165, 1.54) is 11.8 Å². The van der Waals surface area contributed by atoms with Crippen LogP contribution in [0.5, 0.6) is 0 Å². The van der Waals surface area contributed by atoms with Gasteiger partial charge in [-0.1, -0.05) is 11.8 Å². The predicted molar refractivity (Wildman–Crippen MR) is 97.7 cm³/mol. The Morgan fingerprint density at radius 1 is 1.20 bits per heavy atom. The number of aromatic nitrogens is 1. The molecule has 1 aromatic heterocycles. The Labute approximate surface area is 150 Å². The van der Waals surface area contributed by atoms with Gasteiger partial charge in [0.05, 0.1) is 17.4 Å². The highest BCUT2D eigenvalue weighted by Crippen LogP contribution is 2.27. The van der Waals surface area contributed by atoms with Crippen molar-refractivity contribution in [2.45, 2.75) is 25.8 Å². The van der Waals surface area contributed by atoms with Crippen molar-refractivity contribution in [3.63, 3.8) is 0 Å². The van der Waals surface area contributed by atoms with Crippen molar-refractivity contribution in [3.8, 4) is 6.07 Å². The molecule has 0 aliphatic rings. The summed E-state index contributed by atoms with van der Waals surface area (Å²) >= 11 is 1.24. The molecule has 0 aliphatic heterocycles. The van der Waals surface area contributed by atoms with E-state index in [1.807, 2.05) is 26.8 Å². The van der Waals surface area contributed by atoms with Crippen LogP contribution in [0.3, 0.4) is 0 Å². The van der Waals surface area contributed by atoms with Gasteiger partial charge in [0.25, 0.3) is 5.91 Å². The third-order valence-electron chi connectivity index (χ3n) is 3.89. The molecule has 7 heteroatoms. The number of anilines is 1. The summed E-state index contributed by atoms with van der Waals surface area (Å²) in [5.41, 5.74) is 9.19. The first-order valence-electron chi connectivity index (χ1n) is 7.54. The highest BCUT2D eigenvalue weighted by atomic mass is 32.2. The normalized spacial score (nSPS) is 10.2. The quantitative estimate of drug-likeness (QED) is 0.802. The second kappa shape index (κ2) is 7.81. The fraction of sp³-hybridized carbons (Fsp3) is 0.222. The molecule has 3 N–H and O–H groups in total. The molecule has 0 radical (unpaired) electrons. The van der Waals surface area contributed by atoms with E-state index in [0.29, 0.717) is 21.8 Å². The molecule has 0 aliphatic carbocycles. The fourth-order valence-corrected chi connectivity index (χ4v) is 3.09. The van der Waals surface area contributed by atoms with Gasteiger partial charge in [-0.3, -0.25) is 9.59 Å². The Morgan fingerprint density at radius 2 is 1.84 bits per heavy atom. The maximum atomic E-state index is 12.8. The van der Waals surface area contributed by atoms with Gasteiger partial charge in [-0.05, 0) is 56.2 Å². The SMILES string of the molecule is Cc1nc(SCC#N)c(C(=O)Nc2ccc(C(N)=O)cc2)c(C)c1C. The van der Waals surface area contributed by atoms with Crippen LogP contribution in [-0.2, 0) is 0 Å². The molecule has 0 fully saturated rings. The summed E-state index contributed by atoms with van der Waals surface area (Å²) in [7, 11) is 0. The second-order valence-corrected chi connectivity index (χ2v) is 6.43. The van der Waals surface area contributed by atoms with Gasteiger partial charge in [-0.15, -0.1) is 0 Å². The molecular formula is C18H18N4O2S. The molecule has 0 saturated heterocycles. The summed E-state index contributed by atoms with van der Waals surface area (Å²) in [4.78, 5) is 28.3. The number of pyridine rings is 1. The number of benzene rings is 1. The molecule has 0 atom stereocenters. The summed E-state index contributed by atoms with van der Waals surface area (Å²) in [6, 6.07) is 8.38. The topological polar surface area (TPSA) is 109 Å². The van der Waals surface area contributed by atoms with Crippen LogP contribution < -0.4 is 11.1 Å². The molecule has 1 aromatic carbocycles. The van der Waals surface area contributed by atoms with E-state index in [1.54, 1.807) is 24.3 Å². The Hall–Kier alpha value is -2.85. The average molecular weight is 354 g/mol. The number of hydrogen-bond donors (Lipinski definition) is 2.